The van der Waals surface area contributed by atoms with Crippen LogP contribution in [0.4, 0.5) is 0 Å². The quantitative estimate of drug-likeness (QED) is 0.834. The van der Waals surface area contributed by atoms with E-state index < -0.39 is 9.84 Å². The first-order chi connectivity index (χ1) is 13.3. The zero-order valence-corrected chi connectivity index (χ0v) is 16.6. The number of nitrogens with one attached hydrogen (secondary N) is 1. The molecule has 28 heavy (non-hydrogen) atoms. The number of amides is 2. The van der Waals surface area contributed by atoms with Crippen LogP contribution < -0.4 is 5.32 Å². The van der Waals surface area contributed by atoms with E-state index in [1.807, 2.05) is 30.3 Å². The molecule has 0 atom stereocenters. The van der Waals surface area contributed by atoms with Crippen LogP contribution in [0.25, 0.3) is 0 Å². The molecule has 0 spiro atoms. The van der Waals surface area contributed by atoms with Crippen molar-refractivity contribution >= 4 is 21.7 Å². The van der Waals surface area contributed by atoms with Crippen molar-refractivity contribution in [2.45, 2.75) is 24.3 Å². The van der Waals surface area contributed by atoms with Crippen LogP contribution in [0.5, 0.6) is 0 Å². The van der Waals surface area contributed by atoms with Crippen molar-refractivity contribution in [3.8, 4) is 0 Å². The number of piperidine rings is 1. The summed E-state index contributed by atoms with van der Waals surface area (Å²) in [5.74, 6) is -0.211. The van der Waals surface area contributed by atoms with Crippen molar-refractivity contribution in [3.63, 3.8) is 0 Å². The number of carbonyl (C=O) groups excluding carboxylic acids is 2. The lowest BCUT2D eigenvalue weighted by Crippen LogP contribution is -2.42. The highest BCUT2D eigenvalue weighted by Gasteiger charge is 2.27. The van der Waals surface area contributed by atoms with Crippen molar-refractivity contribution in [3.05, 3.63) is 65.7 Å². The molecule has 0 bridgehead atoms. The van der Waals surface area contributed by atoms with Crippen molar-refractivity contribution in [2.24, 2.45) is 5.92 Å². The average molecular weight is 401 g/mol. The van der Waals surface area contributed by atoms with Gasteiger partial charge in [0.1, 0.15) is 0 Å². The Balaban J connectivity index is 1.51. The van der Waals surface area contributed by atoms with E-state index in [1.54, 1.807) is 4.90 Å². The van der Waals surface area contributed by atoms with Crippen molar-refractivity contribution in [1.29, 1.82) is 0 Å². The molecular formula is C21H24N2O4S. The van der Waals surface area contributed by atoms with E-state index in [2.05, 4.69) is 5.32 Å². The third-order valence-electron chi connectivity index (χ3n) is 4.99. The summed E-state index contributed by atoms with van der Waals surface area (Å²) in [7, 11) is -3.28. The summed E-state index contributed by atoms with van der Waals surface area (Å²) in [6.07, 6.45) is 2.37. The Morgan fingerprint density at radius 1 is 1.00 bits per heavy atom. The molecule has 7 heteroatoms. The minimum atomic E-state index is -3.28. The smallest absolute Gasteiger partial charge is 0.253 e. The molecule has 1 aliphatic rings. The van der Waals surface area contributed by atoms with Crippen LogP contribution in [-0.2, 0) is 21.2 Å². The number of sulfone groups is 1. The van der Waals surface area contributed by atoms with Gasteiger partial charge in [-0.25, -0.2) is 8.42 Å². The first kappa shape index (κ1) is 20.1. The molecule has 2 aromatic carbocycles. The zero-order chi connectivity index (χ0) is 20.1. The molecular weight excluding hydrogens is 376 g/mol. The highest BCUT2D eigenvalue weighted by molar-refractivity contribution is 7.90. The van der Waals surface area contributed by atoms with Gasteiger partial charge in [0.2, 0.25) is 5.91 Å². The first-order valence-electron chi connectivity index (χ1n) is 9.25. The molecule has 0 aromatic heterocycles. The molecule has 0 saturated carbocycles. The highest BCUT2D eigenvalue weighted by Crippen LogP contribution is 2.20. The maximum absolute atomic E-state index is 12.6. The first-order valence-corrected chi connectivity index (χ1v) is 11.1. The Morgan fingerprint density at radius 2 is 1.61 bits per heavy atom. The van der Waals surface area contributed by atoms with Gasteiger partial charge in [0.15, 0.2) is 9.84 Å². The van der Waals surface area contributed by atoms with E-state index in [1.165, 1.54) is 24.3 Å². The molecule has 0 radical (unpaired) electrons. The van der Waals surface area contributed by atoms with E-state index >= 15 is 0 Å². The van der Waals surface area contributed by atoms with E-state index in [-0.39, 0.29) is 22.6 Å². The van der Waals surface area contributed by atoms with E-state index in [9.17, 15) is 18.0 Å². The molecule has 0 aliphatic carbocycles. The minimum Gasteiger partial charge on any atom is -0.352 e. The molecule has 1 fully saturated rings. The Hall–Kier alpha value is -2.67. The topological polar surface area (TPSA) is 83.6 Å². The van der Waals surface area contributed by atoms with Crippen molar-refractivity contribution < 1.29 is 18.0 Å². The van der Waals surface area contributed by atoms with Gasteiger partial charge >= 0.3 is 0 Å². The van der Waals surface area contributed by atoms with Gasteiger partial charge in [0.25, 0.3) is 5.91 Å². The van der Waals surface area contributed by atoms with Gasteiger partial charge in [-0.1, -0.05) is 30.3 Å². The summed E-state index contributed by atoms with van der Waals surface area (Å²) in [5, 5.41) is 2.97. The number of rotatable bonds is 5. The summed E-state index contributed by atoms with van der Waals surface area (Å²) in [4.78, 5) is 26.9. The van der Waals surface area contributed by atoms with Crippen LogP contribution in [0.2, 0.25) is 0 Å². The van der Waals surface area contributed by atoms with Gasteiger partial charge in [-0.15, -0.1) is 0 Å². The summed E-state index contributed by atoms with van der Waals surface area (Å²) in [5.41, 5.74) is 1.51. The summed E-state index contributed by atoms with van der Waals surface area (Å²) < 4.78 is 23.1. The standard InChI is InChI=1S/C21H24N2O4S/c1-28(26,27)19-9-7-18(8-10-19)21(25)23-13-11-17(12-14-23)20(24)22-15-16-5-3-2-4-6-16/h2-10,17H,11-15H2,1H3,(H,22,24). The molecule has 1 heterocycles. The van der Waals surface area contributed by atoms with Crippen LogP contribution in [0.15, 0.2) is 59.5 Å². The summed E-state index contributed by atoms with van der Waals surface area (Å²) in [6.45, 7) is 1.53. The number of carbonyl (C=O) groups is 2. The Kier molecular flexibility index (Phi) is 6.14. The Labute approximate surface area is 165 Å². The van der Waals surface area contributed by atoms with Gasteiger partial charge in [-0.05, 0) is 42.7 Å². The fourth-order valence-corrected chi connectivity index (χ4v) is 3.93. The van der Waals surface area contributed by atoms with Gasteiger partial charge in [0, 0.05) is 37.4 Å². The fourth-order valence-electron chi connectivity index (χ4n) is 3.30. The maximum atomic E-state index is 12.6. The van der Waals surface area contributed by atoms with E-state index in [0.29, 0.717) is 38.0 Å². The highest BCUT2D eigenvalue weighted by atomic mass is 32.2. The van der Waals surface area contributed by atoms with Gasteiger partial charge in [0.05, 0.1) is 4.90 Å². The summed E-state index contributed by atoms with van der Waals surface area (Å²) >= 11 is 0. The average Bonchev–Trinajstić information content (AvgIpc) is 2.72. The Bertz CT molecular complexity index is 932. The molecule has 6 nitrogen and oxygen atoms in total. The number of hydrogen-bond donors (Lipinski definition) is 1. The van der Waals surface area contributed by atoms with Crippen molar-refractivity contribution in [2.75, 3.05) is 19.3 Å². The predicted octanol–water partition coefficient (Wildman–Crippen LogP) is 2.26. The molecule has 1 N–H and O–H groups in total. The molecule has 1 saturated heterocycles. The van der Waals surface area contributed by atoms with Crippen LogP contribution >= 0.6 is 0 Å². The van der Waals surface area contributed by atoms with Crippen molar-refractivity contribution in [1.82, 2.24) is 10.2 Å². The van der Waals surface area contributed by atoms with Crippen LogP contribution in [0.3, 0.4) is 0 Å². The molecule has 2 amide bonds. The third kappa shape index (κ3) is 4.98. The second-order valence-electron chi connectivity index (χ2n) is 7.07. The van der Waals surface area contributed by atoms with Crippen LogP contribution in [0.1, 0.15) is 28.8 Å². The Morgan fingerprint density at radius 3 is 2.18 bits per heavy atom. The van der Waals surface area contributed by atoms with E-state index in [0.717, 1.165) is 11.8 Å². The number of benzene rings is 2. The largest absolute Gasteiger partial charge is 0.352 e. The fraction of sp³-hybridized carbons (Fsp3) is 0.333. The van der Waals surface area contributed by atoms with Gasteiger partial charge < -0.3 is 10.2 Å². The number of nitrogens with zero attached hydrogens (tertiary/aromatic N) is 1. The lowest BCUT2D eigenvalue weighted by atomic mass is 9.95. The number of likely N-dealkylation sites (tertiary alicyclic amines) is 1. The van der Waals surface area contributed by atoms with Gasteiger partial charge in [-0.3, -0.25) is 9.59 Å². The van der Waals surface area contributed by atoms with Crippen LogP contribution in [-0.4, -0.2) is 44.5 Å². The second-order valence-corrected chi connectivity index (χ2v) is 9.08. The molecule has 148 valence electrons. The lowest BCUT2D eigenvalue weighted by molar-refractivity contribution is -0.126. The SMILES string of the molecule is CS(=O)(=O)c1ccc(C(=O)N2CCC(C(=O)NCc3ccccc3)CC2)cc1. The van der Waals surface area contributed by atoms with Gasteiger partial charge in [-0.2, -0.15) is 0 Å². The molecule has 0 unspecified atom stereocenters. The van der Waals surface area contributed by atoms with E-state index in [4.69, 9.17) is 0 Å². The minimum absolute atomic E-state index is 0.0217. The molecule has 2 aromatic rings. The predicted molar refractivity (Wildman–Crippen MR) is 106 cm³/mol. The van der Waals surface area contributed by atoms with Crippen LogP contribution in [0, 0.1) is 5.92 Å². The molecule has 1 aliphatic heterocycles. The zero-order valence-electron chi connectivity index (χ0n) is 15.8. The number of hydrogen-bond acceptors (Lipinski definition) is 4. The normalized spacial score (nSPS) is 15.2. The third-order valence-corrected chi connectivity index (χ3v) is 6.12. The lowest BCUT2D eigenvalue weighted by Gasteiger charge is -2.31. The summed E-state index contributed by atoms with van der Waals surface area (Å²) in [6, 6.07) is 15.7. The monoisotopic (exact) mass is 400 g/mol. The maximum Gasteiger partial charge on any atom is 0.253 e. The second kappa shape index (κ2) is 8.56. The molecule has 3 rings (SSSR count).